The molecule has 6 nitrogen and oxygen atoms in total. The Morgan fingerprint density at radius 2 is 1.72 bits per heavy atom. The van der Waals surface area contributed by atoms with Gasteiger partial charge in [-0.15, -0.1) is 0 Å². The molecule has 0 atom stereocenters. The fourth-order valence-corrected chi connectivity index (χ4v) is 2.41. The lowest BCUT2D eigenvalue weighted by molar-refractivity contribution is 0.225. The molecule has 0 saturated heterocycles. The highest BCUT2D eigenvalue weighted by Crippen LogP contribution is 2.25. The molecule has 124 valence electrons. The number of benzene rings is 1. The molecule has 25 heavy (non-hydrogen) atoms. The summed E-state index contributed by atoms with van der Waals surface area (Å²) in [6.07, 6.45) is 3.63. The lowest BCUT2D eigenvalue weighted by Crippen LogP contribution is -1.95. The number of rotatable bonds is 5. The molecule has 0 aliphatic carbocycles. The average molecular weight is 333 g/mol. The van der Waals surface area contributed by atoms with Crippen LogP contribution in [0.25, 0.3) is 22.5 Å². The zero-order valence-electron chi connectivity index (χ0n) is 13.5. The van der Waals surface area contributed by atoms with Gasteiger partial charge in [0.2, 0.25) is 0 Å². The van der Waals surface area contributed by atoms with E-state index in [0.29, 0.717) is 17.8 Å². The monoisotopic (exact) mass is 333 g/mol. The highest BCUT2D eigenvalue weighted by atomic mass is 16.6. The number of hydrogen-bond donors (Lipinski definition) is 0. The van der Waals surface area contributed by atoms with Crippen molar-refractivity contribution in [2.75, 3.05) is 7.11 Å². The molecular formula is C19H15N3O3. The van der Waals surface area contributed by atoms with Gasteiger partial charge in [0, 0.05) is 18.0 Å². The molecule has 4 aromatic rings. The maximum Gasteiger partial charge on any atom is 0.396 e. The minimum absolute atomic E-state index is 0.200. The molecule has 0 aliphatic heterocycles. The first-order chi connectivity index (χ1) is 12.3. The molecule has 0 spiro atoms. The Balaban J connectivity index is 1.56. The standard InChI is InChI=1S/C19H15N3O3/c1-23-15-4-2-14(3-5-15)16-6-7-17-18(21-16)25-19(22-17)24-12-13-8-10-20-11-9-13/h2-11H,12H2,1H3. The average Bonchev–Trinajstić information content (AvgIpc) is 3.09. The normalized spacial score (nSPS) is 10.8. The van der Waals surface area contributed by atoms with Crippen molar-refractivity contribution < 1.29 is 13.9 Å². The SMILES string of the molecule is COc1ccc(-c2ccc3nc(OCc4ccncc4)oc3n2)cc1. The summed E-state index contributed by atoms with van der Waals surface area (Å²) in [5, 5.41) is 0. The van der Waals surface area contributed by atoms with E-state index in [-0.39, 0.29) is 6.08 Å². The van der Waals surface area contributed by atoms with Gasteiger partial charge >= 0.3 is 6.08 Å². The van der Waals surface area contributed by atoms with Gasteiger partial charge in [0.05, 0.1) is 12.8 Å². The summed E-state index contributed by atoms with van der Waals surface area (Å²) < 4.78 is 16.4. The van der Waals surface area contributed by atoms with Crippen molar-refractivity contribution in [2.45, 2.75) is 6.61 Å². The summed E-state index contributed by atoms with van der Waals surface area (Å²) in [5.41, 5.74) is 3.86. The highest BCUT2D eigenvalue weighted by molar-refractivity contribution is 5.74. The first-order valence-corrected chi connectivity index (χ1v) is 7.75. The number of fused-ring (bicyclic) bond motifs is 1. The second-order valence-electron chi connectivity index (χ2n) is 5.37. The van der Waals surface area contributed by atoms with Crippen molar-refractivity contribution in [1.29, 1.82) is 0 Å². The maximum absolute atomic E-state index is 5.61. The highest BCUT2D eigenvalue weighted by Gasteiger charge is 2.10. The van der Waals surface area contributed by atoms with E-state index in [0.717, 1.165) is 22.6 Å². The van der Waals surface area contributed by atoms with Crippen molar-refractivity contribution in [2.24, 2.45) is 0 Å². The summed E-state index contributed by atoms with van der Waals surface area (Å²) in [5.74, 6) is 0.802. The van der Waals surface area contributed by atoms with Crippen LogP contribution in [0.15, 0.2) is 65.3 Å². The van der Waals surface area contributed by atoms with E-state index in [9.17, 15) is 0 Å². The molecule has 0 fully saturated rings. The Kier molecular flexibility index (Phi) is 4.00. The number of aromatic nitrogens is 3. The second-order valence-corrected chi connectivity index (χ2v) is 5.37. The van der Waals surface area contributed by atoms with E-state index in [4.69, 9.17) is 13.9 Å². The first kappa shape index (κ1) is 15.1. The molecule has 0 aliphatic rings. The van der Waals surface area contributed by atoms with Crippen LogP contribution in [0.3, 0.4) is 0 Å². The van der Waals surface area contributed by atoms with E-state index in [1.54, 1.807) is 19.5 Å². The zero-order valence-corrected chi connectivity index (χ0v) is 13.5. The van der Waals surface area contributed by atoms with E-state index in [2.05, 4.69) is 15.0 Å². The van der Waals surface area contributed by atoms with Gasteiger partial charge in [0.1, 0.15) is 17.9 Å². The molecular weight excluding hydrogens is 318 g/mol. The molecule has 0 bridgehead atoms. The lowest BCUT2D eigenvalue weighted by Gasteiger charge is -2.02. The van der Waals surface area contributed by atoms with Crippen molar-refractivity contribution in [3.63, 3.8) is 0 Å². The molecule has 0 radical (unpaired) electrons. The van der Waals surface area contributed by atoms with Crippen LogP contribution in [-0.2, 0) is 6.61 Å². The maximum atomic E-state index is 5.61. The van der Waals surface area contributed by atoms with Gasteiger partial charge in [-0.3, -0.25) is 4.98 Å². The molecule has 0 amide bonds. The van der Waals surface area contributed by atoms with E-state index < -0.39 is 0 Å². The molecule has 4 rings (SSSR count). The van der Waals surface area contributed by atoms with Crippen LogP contribution in [0.5, 0.6) is 11.8 Å². The largest absolute Gasteiger partial charge is 0.497 e. The summed E-state index contributed by atoms with van der Waals surface area (Å²) >= 11 is 0. The summed E-state index contributed by atoms with van der Waals surface area (Å²) in [4.78, 5) is 12.8. The van der Waals surface area contributed by atoms with Gasteiger partial charge in [-0.2, -0.15) is 4.98 Å². The van der Waals surface area contributed by atoms with Crippen LogP contribution in [0.2, 0.25) is 0 Å². The Hall–Kier alpha value is -3.41. The number of ether oxygens (including phenoxy) is 2. The Morgan fingerprint density at radius 3 is 2.48 bits per heavy atom. The predicted octanol–water partition coefficient (Wildman–Crippen LogP) is 3.87. The molecule has 0 N–H and O–H groups in total. The van der Waals surface area contributed by atoms with E-state index in [1.807, 2.05) is 48.5 Å². The molecule has 6 heteroatoms. The smallest absolute Gasteiger partial charge is 0.396 e. The first-order valence-electron chi connectivity index (χ1n) is 7.75. The van der Waals surface area contributed by atoms with Crippen molar-refractivity contribution in [1.82, 2.24) is 15.0 Å². The second kappa shape index (κ2) is 6.60. The lowest BCUT2D eigenvalue weighted by atomic mass is 10.1. The summed E-state index contributed by atoms with van der Waals surface area (Å²) in [7, 11) is 1.64. The minimum Gasteiger partial charge on any atom is -0.497 e. The van der Waals surface area contributed by atoms with Gasteiger partial charge in [-0.05, 0) is 54.1 Å². The van der Waals surface area contributed by atoms with Crippen molar-refractivity contribution >= 4 is 11.2 Å². The van der Waals surface area contributed by atoms with E-state index in [1.165, 1.54) is 0 Å². The molecule has 3 aromatic heterocycles. The van der Waals surface area contributed by atoms with Crippen LogP contribution in [-0.4, -0.2) is 22.1 Å². The summed E-state index contributed by atoms with van der Waals surface area (Å²) in [6, 6.07) is 15.2. The van der Waals surface area contributed by atoms with Crippen LogP contribution < -0.4 is 9.47 Å². The fourth-order valence-electron chi connectivity index (χ4n) is 2.41. The number of oxazole rings is 1. The quantitative estimate of drug-likeness (QED) is 0.552. The topological polar surface area (TPSA) is 70.3 Å². The van der Waals surface area contributed by atoms with Crippen LogP contribution in [0, 0.1) is 0 Å². The van der Waals surface area contributed by atoms with Gasteiger partial charge in [-0.25, -0.2) is 4.98 Å². The number of hydrogen-bond acceptors (Lipinski definition) is 6. The molecule has 0 saturated carbocycles. The molecule has 0 unspecified atom stereocenters. The van der Waals surface area contributed by atoms with Gasteiger partial charge < -0.3 is 13.9 Å². The van der Waals surface area contributed by atoms with Crippen molar-refractivity contribution in [3.8, 4) is 23.1 Å². The van der Waals surface area contributed by atoms with Gasteiger partial charge in [-0.1, -0.05) is 0 Å². The third-order valence-corrected chi connectivity index (χ3v) is 3.73. The third-order valence-electron chi connectivity index (χ3n) is 3.73. The van der Waals surface area contributed by atoms with Gasteiger partial charge in [0.25, 0.3) is 5.71 Å². The zero-order chi connectivity index (χ0) is 17.1. The van der Waals surface area contributed by atoms with Crippen LogP contribution in [0.1, 0.15) is 5.56 Å². The minimum atomic E-state index is 0.200. The number of methoxy groups -OCH3 is 1. The van der Waals surface area contributed by atoms with E-state index >= 15 is 0 Å². The number of nitrogens with zero attached hydrogens (tertiary/aromatic N) is 3. The number of pyridine rings is 2. The molecule has 1 aromatic carbocycles. The Morgan fingerprint density at radius 1 is 0.920 bits per heavy atom. The third kappa shape index (κ3) is 3.28. The fraction of sp³-hybridized carbons (Fsp3) is 0.105. The van der Waals surface area contributed by atoms with Crippen molar-refractivity contribution in [3.05, 3.63) is 66.5 Å². The van der Waals surface area contributed by atoms with Crippen LogP contribution in [0.4, 0.5) is 0 Å². The summed E-state index contributed by atoms with van der Waals surface area (Å²) in [6.45, 7) is 0.362. The van der Waals surface area contributed by atoms with Gasteiger partial charge in [0.15, 0.2) is 0 Å². The van der Waals surface area contributed by atoms with Crippen LogP contribution >= 0.6 is 0 Å². The Labute approximate surface area is 144 Å². The predicted molar refractivity (Wildman–Crippen MR) is 92.4 cm³/mol. The Bertz CT molecular complexity index is 982. The molecule has 3 heterocycles.